The second-order valence-corrected chi connectivity index (χ2v) is 10.2. The molecule has 0 spiro atoms. The monoisotopic (exact) mass is 247 g/mol. The van der Waals surface area contributed by atoms with Crippen LogP contribution in [0.5, 0.6) is 0 Å². The summed E-state index contributed by atoms with van der Waals surface area (Å²) in [6.07, 6.45) is 7.10. The molecule has 1 aliphatic carbocycles. The molecule has 94 valence electrons. The highest BCUT2D eigenvalue weighted by atomic mass is 28.3. The van der Waals surface area contributed by atoms with Crippen LogP contribution in [0.25, 0.3) is 0 Å². The van der Waals surface area contributed by atoms with Crippen molar-refractivity contribution >= 4 is 13.4 Å². The summed E-state index contributed by atoms with van der Waals surface area (Å²) >= 11 is 0. The maximum absolute atomic E-state index is 2.72. The van der Waals surface area contributed by atoms with Gasteiger partial charge in [0, 0.05) is 6.04 Å². The van der Waals surface area contributed by atoms with E-state index in [-0.39, 0.29) is 0 Å². The van der Waals surface area contributed by atoms with Gasteiger partial charge in [0.15, 0.2) is 8.24 Å². The van der Waals surface area contributed by atoms with Gasteiger partial charge in [-0.15, -0.1) is 0 Å². The molecule has 0 bridgehead atoms. The quantitative estimate of drug-likeness (QED) is 0.740. The van der Waals surface area contributed by atoms with E-state index in [1.807, 2.05) is 0 Å². The first-order chi connectivity index (χ1) is 8.12. The predicted octanol–water partition coefficient (Wildman–Crippen LogP) is 3.36. The van der Waals surface area contributed by atoms with Gasteiger partial charge < -0.3 is 4.57 Å². The van der Waals surface area contributed by atoms with Crippen molar-refractivity contribution in [1.29, 1.82) is 0 Å². The van der Waals surface area contributed by atoms with E-state index in [9.17, 15) is 0 Å². The molecule has 0 aromatic heterocycles. The van der Waals surface area contributed by atoms with Gasteiger partial charge in [0.25, 0.3) is 0 Å². The molecule has 2 rings (SSSR count). The minimum Gasteiger partial charge on any atom is -0.320 e. The van der Waals surface area contributed by atoms with Crippen LogP contribution in [0.15, 0.2) is 30.3 Å². The van der Waals surface area contributed by atoms with Gasteiger partial charge in [-0.2, -0.15) is 0 Å². The van der Waals surface area contributed by atoms with Gasteiger partial charge in [0.2, 0.25) is 0 Å². The van der Waals surface area contributed by atoms with Crippen LogP contribution in [0, 0.1) is 0 Å². The third-order valence-electron chi connectivity index (χ3n) is 4.48. The van der Waals surface area contributed by atoms with Crippen LogP contribution in [0.3, 0.4) is 0 Å². The molecular formula is C15H25NSi. The first kappa shape index (κ1) is 12.8. The van der Waals surface area contributed by atoms with Gasteiger partial charge >= 0.3 is 0 Å². The Morgan fingerprint density at radius 2 is 1.59 bits per heavy atom. The van der Waals surface area contributed by atoms with Crippen LogP contribution in [0.2, 0.25) is 13.1 Å². The fourth-order valence-electron chi connectivity index (χ4n) is 2.97. The molecule has 0 radical (unpaired) electrons. The minimum atomic E-state index is -1.44. The molecule has 1 nitrogen and oxygen atoms in total. The van der Waals surface area contributed by atoms with Crippen molar-refractivity contribution in [3.63, 3.8) is 0 Å². The molecule has 0 unspecified atom stereocenters. The Morgan fingerprint density at radius 3 is 2.18 bits per heavy atom. The molecule has 17 heavy (non-hydrogen) atoms. The summed E-state index contributed by atoms with van der Waals surface area (Å²) in [4.78, 5) is 0. The molecule has 0 aliphatic heterocycles. The van der Waals surface area contributed by atoms with Crippen LogP contribution in [0.1, 0.15) is 32.1 Å². The van der Waals surface area contributed by atoms with Gasteiger partial charge in [-0.3, -0.25) is 0 Å². The number of nitrogens with zero attached hydrogens (tertiary/aromatic N) is 1. The second kappa shape index (κ2) is 5.36. The van der Waals surface area contributed by atoms with Crippen molar-refractivity contribution < 1.29 is 0 Å². The van der Waals surface area contributed by atoms with E-state index in [1.165, 1.54) is 32.1 Å². The van der Waals surface area contributed by atoms with Gasteiger partial charge in [0.05, 0.1) is 0 Å². The van der Waals surface area contributed by atoms with E-state index >= 15 is 0 Å². The molecule has 0 heterocycles. The van der Waals surface area contributed by atoms with Crippen molar-refractivity contribution in [2.24, 2.45) is 0 Å². The zero-order valence-electron chi connectivity index (χ0n) is 11.4. The average Bonchev–Trinajstić information content (AvgIpc) is 2.40. The smallest absolute Gasteiger partial charge is 0.154 e. The number of hydrogen-bond acceptors (Lipinski definition) is 1. The standard InChI is InChI=1S/C15H25NSi/c1-16(14-10-6-4-7-11-14)17(2,3)15-12-8-5-9-13-15/h5,8-9,12-14H,4,6-7,10-11H2,1-3H3. The fourth-order valence-corrected chi connectivity index (χ4v) is 5.56. The third-order valence-corrected chi connectivity index (χ3v) is 8.36. The highest BCUT2D eigenvalue weighted by Gasteiger charge is 2.33. The van der Waals surface area contributed by atoms with Crippen LogP contribution in [-0.2, 0) is 0 Å². The Kier molecular flexibility index (Phi) is 4.05. The van der Waals surface area contributed by atoms with E-state index < -0.39 is 8.24 Å². The second-order valence-electron chi connectivity index (χ2n) is 5.83. The molecule has 0 saturated heterocycles. The molecular weight excluding hydrogens is 222 g/mol. The summed E-state index contributed by atoms with van der Waals surface area (Å²) in [7, 11) is 0.919. The molecule has 0 amide bonds. The highest BCUT2D eigenvalue weighted by Crippen LogP contribution is 2.25. The predicted molar refractivity (Wildman–Crippen MR) is 78.2 cm³/mol. The van der Waals surface area contributed by atoms with Crippen LogP contribution in [-0.4, -0.2) is 25.9 Å². The highest BCUT2D eigenvalue weighted by molar-refractivity contribution is 6.87. The van der Waals surface area contributed by atoms with Crippen LogP contribution >= 0.6 is 0 Å². The molecule has 1 aromatic rings. The summed E-state index contributed by atoms with van der Waals surface area (Å²) in [5.74, 6) is 0. The maximum Gasteiger partial charge on any atom is 0.154 e. The zero-order valence-corrected chi connectivity index (χ0v) is 12.4. The summed E-state index contributed by atoms with van der Waals surface area (Å²) in [6.45, 7) is 4.97. The molecule has 2 heteroatoms. The Labute approximate surface area is 107 Å². The van der Waals surface area contributed by atoms with E-state index in [0.29, 0.717) is 0 Å². The van der Waals surface area contributed by atoms with Crippen molar-refractivity contribution in [3.8, 4) is 0 Å². The maximum atomic E-state index is 2.72. The summed E-state index contributed by atoms with van der Waals surface area (Å²) in [5, 5.41) is 1.56. The normalized spacial score (nSPS) is 18.6. The first-order valence-corrected chi connectivity index (χ1v) is 9.85. The van der Waals surface area contributed by atoms with Crippen molar-refractivity contribution in [2.45, 2.75) is 51.2 Å². The van der Waals surface area contributed by atoms with Crippen LogP contribution < -0.4 is 5.19 Å². The number of benzene rings is 1. The Bertz CT molecular complexity index is 341. The Morgan fingerprint density at radius 1 is 1.00 bits per heavy atom. The first-order valence-electron chi connectivity index (χ1n) is 6.91. The largest absolute Gasteiger partial charge is 0.320 e. The Balaban J connectivity index is 2.14. The van der Waals surface area contributed by atoms with Crippen molar-refractivity contribution in [1.82, 2.24) is 4.57 Å². The lowest BCUT2D eigenvalue weighted by atomic mass is 9.96. The van der Waals surface area contributed by atoms with Gasteiger partial charge in [-0.1, -0.05) is 62.7 Å². The van der Waals surface area contributed by atoms with Crippen LogP contribution in [0.4, 0.5) is 0 Å². The van der Waals surface area contributed by atoms with E-state index in [1.54, 1.807) is 5.19 Å². The molecule has 0 atom stereocenters. The van der Waals surface area contributed by atoms with E-state index in [0.717, 1.165) is 6.04 Å². The lowest BCUT2D eigenvalue weighted by Crippen LogP contribution is -2.59. The lowest BCUT2D eigenvalue weighted by molar-refractivity contribution is 0.283. The fraction of sp³-hybridized carbons (Fsp3) is 0.600. The van der Waals surface area contributed by atoms with Crippen molar-refractivity contribution in [2.75, 3.05) is 7.05 Å². The summed E-state index contributed by atoms with van der Waals surface area (Å²) in [6, 6.07) is 11.9. The topological polar surface area (TPSA) is 3.24 Å². The van der Waals surface area contributed by atoms with E-state index in [4.69, 9.17) is 0 Å². The molecule has 1 fully saturated rings. The Hall–Kier alpha value is -0.603. The number of rotatable bonds is 3. The average molecular weight is 247 g/mol. The molecule has 0 N–H and O–H groups in total. The van der Waals surface area contributed by atoms with Gasteiger partial charge in [-0.25, -0.2) is 0 Å². The molecule has 1 aromatic carbocycles. The summed E-state index contributed by atoms with van der Waals surface area (Å²) < 4.78 is 2.72. The lowest BCUT2D eigenvalue weighted by Gasteiger charge is -2.41. The minimum absolute atomic E-state index is 0.825. The van der Waals surface area contributed by atoms with Crippen molar-refractivity contribution in [3.05, 3.63) is 30.3 Å². The van der Waals surface area contributed by atoms with Gasteiger partial charge in [-0.05, 0) is 25.1 Å². The van der Waals surface area contributed by atoms with E-state index in [2.05, 4.69) is 55.0 Å². The summed E-state index contributed by atoms with van der Waals surface area (Å²) in [5.41, 5.74) is 0. The SMILES string of the molecule is CN(C1CCCCC1)[Si](C)(C)c1ccccc1. The number of hydrogen-bond donors (Lipinski definition) is 0. The van der Waals surface area contributed by atoms with Gasteiger partial charge in [0.1, 0.15) is 0 Å². The third kappa shape index (κ3) is 2.80. The molecule has 1 saturated carbocycles. The molecule has 1 aliphatic rings. The zero-order chi connectivity index (χ0) is 12.3.